The molecular weight excluding hydrogens is 339 g/mol. The maximum absolute atomic E-state index is 13.2. The van der Waals surface area contributed by atoms with Crippen LogP contribution < -0.4 is 10.5 Å². The summed E-state index contributed by atoms with van der Waals surface area (Å²) in [5, 5.41) is 8.56. The van der Waals surface area contributed by atoms with E-state index >= 15 is 0 Å². The van der Waals surface area contributed by atoms with Crippen LogP contribution in [0.25, 0.3) is 0 Å². The lowest BCUT2D eigenvalue weighted by molar-refractivity contribution is 0.565. The van der Waals surface area contributed by atoms with E-state index in [4.69, 9.17) is 5.14 Å². The van der Waals surface area contributed by atoms with Crippen LogP contribution in [0.5, 0.6) is 0 Å². The number of benzene rings is 2. The Balaban J connectivity index is 1.71. The minimum atomic E-state index is -3.66. The summed E-state index contributed by atoms with van der Waals surface area (Å²) in [4.78, 5) is 0.131. The van der Waals surface area contributed by atoms with Crippen molar-refractivity contribution in [2.24, 2.45) is 16.5 Å². The normalized spacial score (nSPS) is 21.8. The van der Waals surface area contributed by atoms with Crippen LogP contribution in [0, 0.1) is 24.1 Å². The van der Waals surface area contributed by atoms with Crippen LogP contribution in [0.3, 0.4) is 0 Å². The molecule has 0 saturated heterocycles. The first-order valence-corrected chi connectivity index (χ1v) is 9.78. The summed E-state index contributed by atoms with van der Waals surface area (Å²) in [6.07, 6.45) is 0. The number of nitrogens with two attached hydrogens (primary N) is 1. The zero-order valence-corrected chi connectivity index (χ0v) is 15.4. The summed E-state index contributed by atoms with van der Waals surface area (Å²) < 4.78 is 36.0. The molecule has 0 aromatic heterocycles. The number of hydrogen-bond acceptors (Lipinski definition) is 3. The van der Waals surface area contributed by atoms with Crippen LogP contribution in [0.15, 0.2) is 47.4 Å². The Morgan fingerprint density at radius 1 is 1.16 bits per heavy atom. The monoisotopic (exact) mass is 362 g/mol. The van der Waals surface area contributed by atoms with E-state index in [0.717, 1.165) is 23.4 Å². The van der Waals surface area contributed by atoms with Crippen molar-refractivity contribution in [1.29, 1.82) is 0 Å². The fourth-order valence-electron chi connectivity index (χ4n) is 3.70. The lowest BCUT2D eigenvalue weighted by Crippen LogP contribution is -2.11. The first-order chi connectivity index (χ1) is 11.6. The van der Waals surface area contributed by atoms with Crippen LogP contribution >= 0.6 is 0 Å². The van der Waals surface area contributed by atoms with Crippen molar-refractivity contribution < 1.29 is 12.8 Å². The molecule has 134 valence electrons. The van der Waals surface area contributed by atoms with E-state index in [1.54, 1.807) is 18.2 Å². The van der Waals surface area contributed by atoms with Gasteiger partial charge in [0.1, 0.15) is 5.82 Å². The van der Waals surface area contributed by atoms with E-state index in [-0.39, 0.29) is 16.1 Å². The van der Waals surface area contributed by atoms with E-state index < -0.39 is 10.0 Å². The third kappa shape index (κ3) is 3.55. The van der Waals surface area contributed by atoms with E-state index in [0.29, 0.717) is 11.8 Å². The van der Waals surface area contributed by atoms with Gasteiger partial charge in [0, 0.05) is 12.2 Å². The van der Waals surface area contributed by atoms with E-state index in [1.165, 1.54) is 12.1 Å². The minimum absolute atomic E-state index is 0.115. The topological polar surface area (TPSA) is 72.2 Å². The van der Waals surface area contributed by atoms with Crippen LogP contribution in [-0.4, -0.2) is 15.0 Å². The Morgan fingerprint density at radius 3 is 2.36 bits per heavy atom. The number of aryl methyl sites for hydroxylation is 1. The Hall–Kier alpha value is -1.92. The predicted octanol–water partition coefficient (Wildman–Crippen LogP) is 3.63. The average molecular weight is 362 g/mol. The molecule has 0 amide bonds. The second-order valence-electron chi connectivity index (χ2n) is 7.36. The summed E-state index contributed by atoms with van der Waals surface area (Å²) in [7, 11) is -3.66. The molecule has 0 heterocycles. The van der Waals surface area contributed by atoms with Gasteiger partial charge < -0.3 is 5.32 Å². The SMILES string of the molecule is Cc1cc(F)ccc1NC[C@@H]1[C@@H](c2ccc(S(N)(=O)=O)cc2)C1(C)C. The van der Waals surface area contributed by atoms with Gasteiger partial charge in [0.25, 0.3) is 0 Å². The average Bonchev–Trinajstić information content (AvgIpc) is 3.06. The van der Waals surface area contributed by atoms with Gasteiger partial charge in [-0.15, -0.1) is 0 Å². The number of sulfonamides is 1. The molecule has 3 rings (SSSR count). The quantitative estimate of drug-likeness (QED) is 0.853. The maximum atomic E-state index is 13.2. The molecular formula is C19H23FN2O2S. The highest BCUT2D eigenvalue weighted by molar-refractivity contribution is 7.89. The number of primary sulfonamides is 1. The van der Waals surface area contributed by atoms with Crippen molar-refractivity contribution in [2.45, 2.75) is 31.6 Å². The van der Waals surface area contributed by atoms with Gasteiger partial charge in [-0.1, -0.05) is 26.0 Å². The van der Waals surface area contributed by atoms with Gasteiger partial charge in [-0.05, 0) is 65.6 Å². The fraction of sp³-hybridized carbons (Fsp3) is 0.368. The van der Waals surface area contributed by atoms with Crippen molar-refractivity contribution >= 4 is 15.7 Å². The van der Waals surface area contributed by atoms with Crippen LogP contribution in [0.2, 0.25) is 0 Å². The van der Waals surface area contributed by atoms with Gasteiger partial charge in [-0.3, -0.25) is 0 Å². The first-order valence-electron chi connectivity index (χ1n) is 8.23. The number of hydrogen-bond donors (Lipinski definition) is 2. The van der Waals surface area contributed by atoms with E-state index in [1.807, 2.05) is 19.1 Å². The summed E-state index contributed by atoms with van der Waals surface area (Å²) in [5.41, 5.74) is 3.05. The third-order valence-electron chi connectivity index (χ3n) is 5.32. The Labute approximate surface area is 148 Å². The zero-order valence-electron chi connectivity index (χ0n) is 14.6. The molecule has 1 aliphatic rings. The van der Waals surface area contributed by atoms with Crippen molar-refractivity contribution in [3.63, 3.8) is 0 Å². The molecule has 2 atom stereocenters. The highest BCUT2D eigenvalue weighted by Crippen LogP contribution is 2.64. The smallest absolute Gasteiger partial charge is 0.238 e. The molecule has 6 heteroatoms. The minimum Gasteiger partial charge on any atom is -0.385 e. The van der Waals surface area contributed by atoms with Crippen LogP contribution in [0.1, 0.15) is 30.9 Å². The second-order valence-corrected chi connectivity index (χ2v) is 8.92. The standard InChI is InChI=1S/C19H23FN2O2S/c1-12-10-14(20)6-9-17(12)22-11-16-18(19(16,2)3)13-4-7-15(8-5-13)25(21,23)24/h4-10,16,18,22H,11H2,1-3H3,(H2,21,23,24)/t16-,18-/m1/s1. The molecule has 2 aromatic rings. The molecule has 2 aromatic carbocycles. The molecule has 1 fully saturated rings. The first kappa shape index (κ1) is 17.9. The molecule has 25 heavy (non-hydrogen) atoms. The number of anilines is 1. The van der Waals surface area contributed by atoms with Gasteiger partial charge in [-0.2, -0.15) is 0 Å². The van der Waals surface area contributed by atoms with E-state index in [9.17, 15) is 12.8 Å². The Bertz CT molecular complexity index is 892. The third-order valence-corrected chi connectivity index (χ3v) is 6.25. The van der Waals surface area contributed by atoms with Crippen molar-refractivity contribution in [2.75, 3.05) is 11.9 Å². The van der Waals surface area contributed by atoms with Gasteiger partial charge in [0.15, 0.2) is 0 Å². The maximum Gasteiger partial charge on any atom is 0.238 e. The number of rotatable bonds is 5. The summed E-state index contributed by atoms with van der Waals surface area (Å²) in [6, 6.07) is 11.5. The summed E-state index contributed by atoms with van der Waals surface area (Å²) in [5.74, 6) is 0.523. The molecule has 3 N–H and O–H groups in total. The lowest BCUT2D eigenvalue weighted by Gasteiger charge is -2.10. The van der Waals surface area contributed by atoms with Gasteiger partial charge in [0.05, 0.1) is 4.90 Å². The molecule has 0 radical (unpaired) electrons. The van der Waals surface area contributed by atoms with Crippen molar-refractivity contribution in [3.8, 4) is 0 Å². The van der Waals surface area contributed by atoms with Crippen LogP contribution in [0.4, 0.5) is 10.1 Å². The van der Waals surface area contributed by atoms with E-state index in [2.05, 4.69) is 19.2 Å². The summed E-state index contributed by atoms with van der Waals surface area (Å²) in [6.45, 7) is 7.07. The lowest BCUT2D eigenvalue weighted by atomic mass is 10.0. The molecule has 1 aliphatic carbocycles. The van der Waals surface area contributed by atoms with Gasteiger partial charge in [0.2, 0.25) is 10.0 Å². The zero-order chi connectivity index (χ0) is 18.4. The van der Waals surface area contributed by atoms with Crippen molar-refractivity contribution in [3.05, 3.63) is 59.4 Å². The molecule has 0 bridgehead atoms. The largest absolute Gasteiger partial charge is 0.385 e. The van der Waals surface area contributed by atoms with Crippen molar-refractivity contribution in [1.82, 2.24) is 0 Å². The highest BCUT2D eigenvalue weighted by Gasteiger charge is 2.57. The van der Waals surface area contributed by atoms with Gasteiger partial charge >= 0.3 is 0 Å². The fourth-order valence-corrected chi connectivity index (χ4v) is 4.21. The molecule has 0 unspecified atom stereocenters. The molecule has 0 aliphatic heterocycles. The Kier molecular flexibility index (Phi) is 4.37. The molecule has 1 saturated carbocycles. The highest BCUT2D eigenvalue weighted by atomic mass is 32.2. The number of nitrogens with one attached hydrogen (secondary N) is 1. The predicted molar refractivity (Wildman–Crippen MR) is 97.5 cm³/mol. The van der Waals surface area contributed by atoms with Gasteiger partial charge in [-0.25, -0.2) is 17.9 Å². The summed E-state index contributed by atoms with van der Waals surface area (Å²) >= 11 is 0. The molecule has 4 nitrogen and oxygen atoms in total. The molecule has 0 spiro atoms. The van der Waals surface area contributed by atoms with Crippen LogP contribution in [-0.2, 0) is 10.0 Å². The Morgan fingerprint density at radius 2 is 1.80 bits per heavy atom. The second kappa shape index (κ2) is 6.11. The number of halogens is 1.